The van der Waals surface area contributed by atoms with Crippen LogP contribution in [0.25, 0.3) is 0 Å². The standard InChI is InChI=1S/C22H25N3O3S/c1-16-6-4-5-7-20(16)21(17-8-10-19(11-9-17)29(3,27)28)12-22(24-26)18-13-23-15-25(2)14-18/h4-11,13-14,21,26H,12,15H2,1-3H3/b24-22+/t21-/m0/s1. The van der Waals surface area contributed by atoms with Gasteiger partial charge >= 0.3 is 0 Å². The van der Waals surface area contributed by atoms with Gasteiger partial charge in [-0.3, -0.25) is 4.99 Å². The summed E-state index contributed by atoms with van der Waals surface area (Å²) in [5, 5.41) is 13.3. The Labute approximate surface area is 171 Å². The lowest BCUT2D eigenvalue weighted by Gasteiger charge is -2.23. The molecule has 0 unspecified atom stereocenters. The first kappa shape index (κ1) is 20.8. The van der Waals surface area contributed by atoms with Gasteiger partial charge in [0.05, 0.1) is 10.6 Å². The number of benzene rings is 2. The molecule has 1 aliphatic heterocycles. The second-order valence-electron chi connectivity index (χ2n) is 7.30. The summed E-state index contributed by atoms with van der Waals surface area (Å²) in [4.78, 5) is 6.49. The van der Waals surface area contributed by atoms with E-state index >= 15 is 0 Å². The van der Waals surface area contributed by atoms with Crippen LogP contribution in [-0.2, 0) is 9.84 Å². The zero-order valence-electron chi connectivity index (χ0n) is 16.8. The summed E-state index contributed by atoms with van der Waals surface area (Å²) in [6.45, 7) is 2.61. The van der Waals surface area contributed by atoms with E-state index in [4.69, 9.17) is 0 Å². The van der Waals surface area contributed by atoms with Crippen molar-refractivity contribution in [1.82, 2.24) is 4.90 Å². The fraction of sp³-hybridized carbons (Fsp3) is 0.273. The van der Waals surface area contributed by atoms with Gasteiger partial charge in [0, 0.05) is 43.6 Å². The Morgan fingerprint density at radius 1 is 1.21 bits per heavy atom. The molecule has 6 nitrogen and oxygen atoms in total. The molecule has 0 fully saturated rings. The monoisotopic (exact) mass is 411 g/mol. The number of hydrogen-bond acceptors (Lipinski definition) is 6. The number of nitrogens with zero attached hydrogens (tertiary/aromatic N) is 3. The van der Waals surface area contributed by atoms with Gasteiger partial charge < -0.3 is 10.1 Å². The lowest BCUT2D eigenvalue weighted by Crippen LogP contribution is -2.21. The van der Waals surface area contributed by atoms with Crippen molar-refractivity contribution in [2.45, 2.75) is 24.2 Å². The van der Waals surface area contributed by atoms with Crippen molar-refractivity contribution < 1.29 is 13.6 Å². The summed E-state index contributed by atoms with van der Waals surface area (Å²) in [6, 6.07) is 15.0. The number of hydrogen-bond donors (Lipinski definition) is 1. The van der Waals surface area contributed by atoms with Crippen LogP contribution in [0.5, 0.6) is 0 Å². The molecule has 7 heteroatoms. The van der Waals surface area contributed by atoms with E-state index in [1.165, 1.54) is 6.26 Å². The highest BCUT2D eigenvalue weighted by Gasteiger charge is 2.22. The van der Waals surface area contributed by atoms with E-state index in [2.05, 4.69) is 16.2 Å². The summed E-state index contributed by atoms with van der Waals surface area (Å²) in [6.07, 6.45) is 5.27. The van der Waals surface area contributed by atoms with Crippen molar-refractivity contribution in [3.05, 3.63) is 77.0 Å². The summed E-state index contributed by atoms with van der Waals surface area (Å²) >= 11 is 0. The molecule has 1 N–H and O–H groups in total. The maximum absolute atomic E-state index is 11.8. The lowest BCUT2D eigenvalue weighted by atomic mass is 9.83. The minimum Gasteiger partial charge on any atom is -0.411 e. The van der Waals surface area contributed by atoms with Crippen molar-refractivity contribution >= 4 is 21.8 Å². The third kappa shape index (κ3) is 4.92. The first-order chi connectivity index (χ1) is 13.8. The minimum absolute atomic E-state index is 0.0998. The number of oxime groups is 1. The number of aliphatic imine (C=N–C) groups is 1. The third-order valence-electron chi connectivity index (χ3n) is 5.02. The topological polar surface area (TPSA) is 82.3 Å². The Morgan fingerprint density at radius 3 is 2.48 bits per heavy atom. The van der Waals surface area contributed by atoms with Crippen molar-refractivity contribution in [3.8, 4) is 0 Å². The Morgan fingerprint density at radius 2 is 1.90 bits per heavy atom. The van der Waals surface area contributed by atoms with Crippen LogP contribution in [0.2, 0.25) is 0 Å². The van der Waals surface area contributed by atoms with Crippen LogP contribution in [0.1, 0.15) is 29.0 Å². The minimum atomic E-state index is -3.26. The maximum Gasteiger partial charge on any atom is 0.175 e. The smallest absolute Gasteiger partial charge is 0.175 e. The highest BCUT2D eigenvalue weighted by atomic mass is 32.2. The second-order valence-corrected chi connectivity index (χ2v) is 9.31. The van der Waals surface area contributed by atoms with Gasteiger partial charge in [0.1, 0.15) is 6.67 Å². The lowest BCUT2D eigenvalue weighted by molar-refractivity contribution is 0.317. The van der Waals surface area contributed by atoms with Crippen LogP contribution in [0, 0.1) is 6.92 Å². The van der Waals surface area contributed by atoms with Crippen LogP contribution in [0.4, 0.5) is 0 Å². The molecule has 0 radical (unpaired) electrons. The molecule has 2 aromatic rings. The molecular formula is C22H25N3O3S. The normalized spacial score (nSPS) is 15.9. The van der Waals surface area contributed by atoms with Crippen LogP contribution in [-0.4, -0.2) is 50.4 Å². The zero-order valence-corrected chi connectivity index (χ0v) is 17.6. The highest BCUT2D eigenvalue weighted by Crippen LogP contribution is 2.32. The number of rotatable bonds is 6. The first-order valence-electron chi connectivity index (χ1n) is 9.28. The second kappa shape index (κ2) is 8.61. The molecule has 0 saturated carbocycles. The molecule has 0 saturated heterocycles. The summed E-state index contributed by atoms with van der Waals surface area (Å²) in [7, 11) is -1.35. The molecule has 3 rings (SSSR count). The molecule has 0 spiro atoms. The van der Waals surface area contributed by atoms with Gasteiger partial charge in [-0.05, 0) is 35.7 Å². The van der Waals surface area contributed by atoms with E-state index < -0.39 is 9.84 Å². The third-order valence-corrected chi connectivity index (χ3v) is 6.15. The summed E-state index contributed by atoms with van der Waals surface area (Å²) < 4.78 is 23.6. The van der Waals surface area contributed by atoms with Gasteiger partial charge in [-0.15, -0.1) is 0 Å². The van der Waals surface area contributed by atoms with Crippen LogP contribution in [0.15, 0.2) is 75.3 Å². The van der Waals surface area contributed by atoms with Gasteiger partial charge in [0.25, 0.3) is 0 Å². The number of allylic oxidation sites excluding steroid dienone is 1. The van der Waals surface area contributed by atoms with E-state index in [1.807, 2.05) is 55.4 Å². The predicted molar refractivity (Wildman–Crippen MR) is 116 cm³/mol. The Balaban J connectivity index is 2.02. The van der Waals surface area contributed by atoms with E-state index in [0.717, 1.165) is 22.3 Å². The van der Waals surface area contributed by atoms with E-state index in [0.29, 0.717) is 18.8 Å². The van der Waals surface area contributed by atoms with Gasteiger partial charge in [-0.25, -0.2) is 8.42 Å². The molecule has 1 atom stereocenters. The van der Waals surface area contributed by atoms with Crippen molar-refractivity contribution in [2.75, 3.05) is 20.0 Å². The predicted octanol–water partition coefficient (Wildman–Crippen LogP) is 3.61. The average Bonchev–Trinajstić information content (AvgIpc) is 2.69. The Hall–Kier alpha value is -2.93. The molecule has 152 valence electrons. The van der Waals surface area contributed by atoms with Gasteiger partial charge in [-0.2, -0.15) is 0 Å². The fourth-order valence-electron chi connectivity index (χ4n) is 3.47. The largest absolute Gasteiger partial charge is 0.411 e. The number of sulfone groups is 1. The molecule has 1 heterocycles. The molecule has 0 aromatic heterocycles. The Bertz CT molecular complexity index is 1070. The SMILES string of the molecule is Cc1ccccc1[C@@H](C/C(=N\O)C1=CN(C)CN=C1)c1ccc(S(C)(=O)=O)cc1. The van der Waals surface area contributed by atoms with E-state index in [9.17, 15) is 13.6 Å². The van der Waals surface area contributed by atoms with Gasteiger partial charge in [0.2, 0.25) is 0 Å². The van der Waals surface area contributed by atoms with E-state index in [-0.39, 0.29) is 10.8 Å². The highest BCUT2D eigenvalue weighted by molar-refractivity contribution is 7.90. The van der Waals surface area contributed by atoms with Crippen molar-refractivity contribution in [2.24, 2.45) is 10.1 Å². The van der Waals surface area contributed by atoms with Crippen LogP contribution >= 0.6 is 0 Å². The van der Waals surface area contributed by atoms with Crippen LogP contribution < -0.4 is 0 Å². The molecule has 0 bridgehead atoms. The van der Waals surface area contributed by atoms with Gasteiger partial charge in [0.15, 0.2) is 9.84 Å². The molecule has 1 aliphatic rings. The van der Waals surface area contributed by atoms with E-state index in [1.54, 1.807) is 18.3 Å². The molecule has 29 heavy (non-hydrogen) atoms. The maximum atomic E-state index is 11.8. The quantitative estimate of drug-likeness (QED) is 0.447. The van der Waals surface area contributed by atoms with Gasteiger partial charge in [-0.1, -0.05) is 41.6 Å². The molecular weight excluding hydrogens is 386 g/mol. The molecule has 0 amide bonds. The molecule has 2 aromatic carbocycles. The summed E-state index contributed by atoms with van der Waals surface area (Å²) in [5.41, 5.74) is 4.45. The molecule has 0 aliphatic carbocycles. The zero-order chi connectivity index (χ0) is 21.0. The average molecular weight is 412 g/mol. The fourth-order valence-corrected chi connectivity index (χ4v) is 4.10. The Kier molecular flexibility index (Phi) is 6.17. The number of aryl methyl sites for hydroxylation is 1. The summed E-state index contributed by atoms with van der Waals surface area (Å²) in [5.74, 6) is -0.0998. The van der Waals surface area contributed by atoms with Crippen LogP contribution in [0.3, 0.4) is 0 Å². The first-order valence-corrected chi connectivity index (χ1v) is 11.2. The van der Waals surface area contributed by atoms with Crippen molar-refractivity contribution in [1.29, 1.82) is 0 Å². The van der Waals surface area contributed by atoms with Crippen molar-refractivity contribution in [3.63, 3.8) is 0 Å².